The molecule has 7 nitrogen and oxygen atoms in total. The van der Waals surface area contributed by atoms with E-state index < -0.39 is 28.5 Å². The van der Waals surface area contributed by atoms with Gasteiger partial charge in [-0.05, 0) is 78.6 Å². The lowest BCUT2D eigenvalue weighted by Gasteiger charge is -2.34. The molecule has 1 saturated carbocycles. The van der Waals surface area contributed by atoms with Gasteiger partial charge < -0.3 is 10.2 Å². The van der Waals surface area contributed by atoms with E-state index in [0.717, 1.165) is 35.6 Å². The molecule has 0 radical (unpaired) electrons. The van der Waals surface area contributed by atoms with Crippen LogP contribution in [0.5, 0.6) is 0 Å². The Morgan fingerprint density at radius 1 is 0.766 bits per heavy atom. The van der Waals surface area contributed by atoms with Crippen LogP contribution < -0.4 is 9.62 Å². The van der Waals surface area contributed by atoms with Crippen LogP contribution in [-0.2, 0) is 32.6 Å². The predicted octanol–water partition coefficient (Wildman–Crippen LogP) is 8.19. The molecule has 1 atom stereocenters. The zero-order valence-corrected chi connectivity index (χ0v) is 29.1. The highest BCUT2D eigenvalue weighted by molar-refractivity contribution is 7.92. The van der Waals surface area contributed by atoms with Crippen LogP contribution in [0.2, 0.25) is 20.1 Å². The molecule has 0 aromatic heterocycles. The van der Waals surface area contributed by atoms with Crippen molar-refractivity contribution in [2.45, 2.75) is 55.6 Å². The van der Waals surface area contributed by atoms with Crippen LogP contribution in [0.4, 0.5) is 5.69 Å². The van der Waals surface area contributed by atoms with Crippen LogP contribution in [0, 0.1) is 0 Å². The Labute approximate surface area is 295 Å². The summed E-state index contributed by atoms with van der Waals surface area (Å²) < 4.78 is 29.3. The van der Waals surface area contributed by atoms with Gasteiger partial charge in [0.2, 0.25) is 11.8 Å². The van der Waals surface area contributed by atoms with Gasteiger partial charge in [0.1, 0.15) is 12.6 Å². The normalized spacial score (nSPS) is 14.0. The van der Waals surface area contributed by atoms with Gasteiger partial charge in [-0.15, -0.1) is 0 Å². The van der Waals surface area contributed by atoms with Crippen LogP contribution in [0.3, 0.4) is 0 Å². The first kappa shape index (κ1) is 35.0. The number of amides is 2. The molecular weight excluding hydrogens is 700 g/mol. The first-order chi connectivity index (χ1) is 22.5. The molecule has 2 amide bonds. The number of halogens is 4. The fourth-order valence-electron chi connectivity index (χ4n) is 5.65. The Balaban J connectivity index is 1.58. The van der Waals surface area contributed by atoms with Crippen molar-refractivity contribution in [1.82, 2.24) is 10.2 Å². The predicted molar refractivity (Wildman–Crippen MR) is 189 cm³/mol. The van der Waals surface area contributed by atoms with Crippen LogP contribution in [-0.4, -0.2) is 43.8 Å². The van der Waals surface area contributed by atoms with E-state index in [4.69, 9.17) is 46.4 Å². The highest BCUT2D eigenvalue weighted by Crippen LogP contribution is 2.29. The minimum atomic E-state index is -4.30. The molecule has 5 rings (SSSR count). The van der Waals surface area contributed by atoms with Crippen LogP contribution in [0.15, 0.2) is 102 Å². The van der Waals surface area contributed by atoms with Gasteiger partial charge >= 0.3 is 0 Å². The van der Waals surface area contributed by atoms with Crippen molar-refractivity contribution >= 4 is 73.9 Å². The summed E-state index contributed by atoms with van der Waals surface area (Å²) in [6.07, 6.45) is 3.93. The van der Waals surface area contributed by atoms with E-state index in [1.807, 2.05) is 30.3 Å². The molecule has 0 unspecified atom stereocenters. The number of nitrogens with one attached hydrogen (secondary N) is 1. The van der Waals surface area contributed by atoms with Crippen LogP contribution in [0.25, 0.3) is 0 Å². The average Bonchev–Trinajstić information content (AvgIpc) is 3.56. The van der Waals surface area contributed by atoms with Gasteiger partial charge in [-0.3, -0.25) is 13.9 Å². The number of rotatable bonds is 12. The number of hydrogen-bond donors (Lipinski definition) is 1. The van der Waals surface area contributed by atoms with E-state index in [1.54, 1.807) is 36.4 Å². The molecule has 0 heterocycles. The fraction of sp³-hybridized carbons (Fsp3) is 0.257. The molecule has 246 valence electrons. The van der Waals surface area contributed by atoms with Gasteiger partial charge in [-0.2, -0.15) is 0 Å². The maximum absolute atomic E-state index is 14.6. The second-order valence-corrected chi connectivity index (χ2v) is 15.0. The summed E-state index contributed by atoms with van der Waals surface area (Å²) in [4.78, 5) is 30.1. The molecule has 4 aromatic rings. The summed E-state index contributed by atoms with van der Waals surface area (Å²) in [5.41, 5.74) is 1.64. The molecule has 12 heteroatoms. The maximum atomic E-state index is 14.6. The van der Waals surface area contributed by atoms with Crippen molar-refractivity contribution in [3.8, 4) is 0 Å². The zero-order chi connectivity index (χ0) is 33.6. The molecule has 0 aliphatic heterocycles. The van der Waals surface area contributed by atoms with Crippen molar-refractivity contribution in [3.05, 3.63) is 128 Å². The number of sulfonamides is 1. The summed E-state index contributed by atoms with van der Waals surface area (Å²) in [6.45, 7) is -0.649. The molecule has 1 N–H and O–H groups in total. The first-order valence-electron chi connectivity index (χ1n) is 15.1. The second kappa shape index (κ2) is 15.8. The molecule has 0 spiro atoms. The van der Waals surface area contributed by atoms with Crippen molar-refractivity contribution in [3.63, 3.8) is 0 Å². The van der Waals surface area contributed by atoms with Crippen molar-refractivity contribution in [2.75, 3.05) is 10.8 Å². The van der Waals surface area contributed by atoms with Crippen LogP contribution >= 0.6 is 46.4 Å². The molecule has 0 saturated heterocycles. The molecule has 4 aromatic carbocycles. The standard InChI is InChI=1S/C35H33Cl4N3O4S/c36-26-14-16-30(17-15-26)47(45,46)42(29-12-6-9-27(37)21-29)23-34(43)41(22-25-13-18-31(38)32(39)19-25)33(20-24-7-2-1-3-8-24)35(44)40-28-10-4-5-11-28/h1-3,6-9,12-19,21,28,33H,4-5,10-11,20,22-23H2,(H,40,44)/t33-/m1/s1. The minimum absolute atomic E-state index is 0.00376. The van der Waals surface area contributed by atoms with E-state index >= 15 is 0 Å². The summed E-state index contributed by atoms with van der Waals surface area (Å²) in [5.74, 6) is -0.917. The quantitative estimate of drug-likeness (QED) is 0.159. The number of carbonyl (C=O) groups is 2. The van der Waals surface area contributed by atoms with E-state index in [1.165, 1.54) is 35.2 Å². The summed E-state index contributed by atoms with van der Waals surface area (Å²) >= 11 is 24.9. The van der Waals surface area contributed by atoms with E-state index in [2.05, 4.69) is 5.32 Å². The number of hydrogen-bond acceptors (Lipinski definition) is 4. The number of carbonyl (C=O) groups excluding carboxylic acids is 2. The van der Waals surface area contributed by atoms with E-state index in [-0.39, 0.29) is 45.5 Å². The Hall–Kier alpha value is -3.27. The van der Waals surface area contributed by atoms with Gasteiger partial charge in [-0.25, -0.2) is 8.42 Å². The molecule has 1 aliphatic rings. The molecule has 1 aliphatic carbocycles. The number of benzene rings is 4. The highest BCUT2D eigenvalue weighted by atomic mass is 35.5. The summed E-state index contributed by atoms with van der Waals surface area (Å²) in [6, 6.07) is 25.3. The average molecular weight is 734 g/mol. The monoisotopic (exact) mass is 731 g/mol. The lowest BCUT2D eigenvalue weighted by atomic mass is 10.0. The maximum Gasteiger partial charge on any atom is 0.264 e. The molecular formula is C35H33Cl4N3O4S. The Morgan fingerprint density at radius 2 is 1.47 bits per heavy atom. The topological polar surface area (TPSA) is 86.8 Å². The molecule has 47 heavy (non-hydrogen) atoms. The Morgan fingerprint density at radius 3 is 2.13 bits per heavy atom. The fourth-order valence-corrected chi connectivity index (χ4v) is 7.69. The minimum Gasteiger partial charge on any atom is -0.352 e. The van der Waals surface area contributed by atoms with Crippen molar-refractivity contribution in [2.24, 2.45) is 0 Å². The van der Waals surface area contributed by atoms with Crippen LogP contribution in [0.1, 0.15) is 36.8 Å². The lowest BCUT2D eigenvalue weighted by Crippen LogP contribution is -2.54. The second-order valence-electron chi connectivity index (χ2n) is 11.4. The van der Waals surface area contributed by atoms with Crippen molar-refractivity contribution < 1.29 is 18.0 Å². The first-order valence-corrected chi connectivity index (χ1v) is 18.1. The van der Waals surface area contributed by atoms with E-state index in [0.29, 0.717) is 15.6 Å². The Bertz CT molecular complexity index is 1820. The third-order valence-electron chi connectivity index (χ3n) is 8.09. The number of nitrogens with zero attached hydrogens (tertiary/aromatic N) is 2. The van der Waals surface area contributed by atoms with Gasteiger partial charge in [0.25, 0.3) is 10.0 Å². The summed E-state index contributed by atoms with van der Waals surface area (Å²) in [7, 11) is -4.30. The zero-order valence-electron chi connectivity index (χ0n) is 25.3. The van der Waals surface area contributed by atoms with E-state index in [9.17, 15) is 18.0 Å². The largest absolute Gasteiger partial charge is 0.352 e. The SMILES string of the molecule is O=C(NC1CCCC1)[C@@H](Cc1ccccc1)N(Cc1ccc(Cl)c(Cl)c1)C(=O)CN(c1cccc(Cl)c1)S(=O)(=O)c1ccc(Cl)cc1. The smallest absolute Gasteiger partial charge is 0.264 e. The van der Waals surface area contributed by atoms with Gasteiger partial charge in [-0.1, -0.05) is 102 Å². The lowest BCUT2D eigenvalue weighted by molar-refractivity contribution is -0.140. The highest BCUT2D eigenvalue weighted by Gasteiger charge is 2.35. The summed E-state index contributed by atoms with van der Waals surface area (Å²) in [5, 5.41) is 4.43. The molecule has 1 fully saturated rings. The van der Waals surface area contributed by atoms with Gasteiger partial charge in [0.05, 0.1) is 20.6 Å². The third kappa shape index (κ3) is 9.00. The van der Waals surface area contributed by atoms with Gasteiger partial charge in [0, 0.05) is 29.1 Å². The Kier molecular flexibility index (Phi) is 11.7. The number of anilines is 1. The van der Waals surface area contributed by atoms with Gasteiger partial charge in [0.15, 0.2) is 0 Å². The van der Waals surface area contributed by atoms with Crippen molar-refractivity contribution in [1.29, 1.82) is 0 Å². The third-order valence-corrected chi connectivity index (χ3v) is 11.1. The molecule has 0 bridgehead atoms.